The number of fused-ring (bicyclic) bond motifs is 2. The zero-order chi connectivity index (χ0) is 11.3. The predicted molar refractivity (Wildman–Crippen MR) is 45.7 cm³/mol. The summed E-state index contributed by atoms with van der Waals surface area (Å²) < 4.78 is 57.5. The van der Waals surface area contributed by atoms with Crippen molar-refractivity contribution in [3.63, 3.8) is 0 Å². The molecule has 2 saturated carbocycles. The fourth-order valence-electron chi connectivity index (χ4n) is 2.76. The van der Waals surface area contributed by atoms with Crippen LogP contribution in [-0.4, -0.2) is 18.5 Å². The largest absolute Gasteiger partial charge is 0.502 e. The van der Waals surface area contributed by atoms with Crippen molar-refractivity contribution < 1.29 is 22.3 Å². The summed E-state index contributed by atoms with van der Waals surface area (Å²) in [6.07, 6.45) is 1.19. The van der Waals surface area contributed by atoms with Crippen LogP contribution in [0.2, 0.25) is 0 Å². The highest BCUT2D eigenvalue weighted by molar-refractivity contribution is 5.10. The molecule has 0 aliphatic heterocycles. The highest BCUT2D eigenvalue weighted by Gasteiger charge is 2.75. The summed E-state index contributed by atoms with van der Waals surface area (Å²) in [5.74, 6) is -10.6. The van der Waals surface area contributed by atoms with E-state index < -0.39 is 29.6 Å². The maximum absolute atomic E-state index is 13.3. The molecule has 0 aromatic carbocycles. The fraction of sp³-hybridized carbons (Fsp3) is 0.800. The number of ether oxygens (including phenoxy) is 1. The number of hydrogen-bond donors (Lipinski definition) is 0. The van der Waals surface area contributed by atoms with Crippen molar-refractivity contribution in [3.8, 4) is 0 Å². The van der Waals surface area contributed by atoms with Crippen LogP contribution in [-0.2, 0) is 4.74 Å². The van der Waals surface area contributed by atoms with Gasteiger partial charge < -0.3 is 4.74 Å². The van der Waals surface area contributed by atoms with Gasteiger partial charge in [-0.2, -0.15) is 17.6 Å². The maximum Gasteiger partial charge on any atom is 0.313 e. The average Bonchev–Trinajstić information content (AvgIpc) is 2.63. The molecule has 1 nitrogen and oxygen atoms in total. The second-order valence-corrected chi connectivity index (χ2v) is 4.28. The Morgan fingerprint density at radius 1 is 1.20 bits per heavy atom. The molecule has 0 saturated heterocycles. The van der Waals surface area contributed by atoms with E-state index in [1.165, 1.54) is 0 Å². The lowest BCUT2D eigenvalue weighted by molar-refractivity contribution is -0.246. The van der Waals surface area contributed by atoms with Gasteiger partial charge in [0.15, 0.2) is 0 Å². The van der Waals surface area contributed by atoms with E-state index >= 15 is 0 Å². The molecular formula is C10H12F4O. The molecule has 0 radical (unpaired) electrons. The highest BCUT2D eigenvalue weighted by Crippen LogP contribution is 2.64. The second kappa shape index (κ2) is 3.12. The molecular weight excluding hydrogens is 212 g/mol. The van der Waals surface area contributed by atoms with Crippen LogP contribution in [0.15, 0.2) is 12.8 Å². The number of hydrogen-bond acceptors (Lipinski definition) is 1. The van der Waals surface area contributed by atoms with Crippen LogP contribution in [0.25, 0.3) is 0 Å². The highest BCUT2D eigenvalue weighted by atomic mass is 19.3. The van der Waals surface area contributed by atoms with E-state index in [9.17, 15) is 17.6 Å². The molecule has 3 unspecified atom stereocenters. The third kappa shape index (κ3) is 1.28. The zero-order valence-electron chi connectivity index (χ0n) is 8.06. The monoisotopic (exact) mass is 224 g/mol. The molecule has 2 aliphatic carbocycles. The summed E-state index contributed by atoms with van der Waals surface area (Å²) in [7, 11) is 0. The lowest BCUT2D eigenvalue weighted by Crippen LogP contribution is -2.49. The van der Waals surface area contributed by atoms with Gasteiger partial charge >= 0.3 is 11.8 Å². The lowest BCUT2D eigenvalue weighted by Gasteiger charge is -2.34. The molecule has 3 atom stereocenters. The molecule has 0 heterocycles. The zero-order valence-corrected chi connectivity index (χ0v) is 8.06. The Hall–Kier alpha value is -0.740. The Labute approximate surface area is 85.1 Å². The third-order valence-electron chi connectivity index (χ3n) is 3.55. The molecule has 0 aromatic heterocycles. The summed E-state index contributed by atoms with van der Waals surface area (Å²) in [5, 5.41) is 0. The van der Waals surface area contributed by atoms with Crippen LogP contribution >= 0.6 is 0 Å². The quantitative estimate of drug-likeness (QED) is 0.528. The van der Waals surface area contributed by atoms with Gasteiger partial charge in [0, 0.05) is 17.8 Å². The topological polar surface area (TPSA) is 9.23 Å². The fourth-order valence-corrected chi connectivity index (χ4v) is 2.76. The van der Waals surface area contributed by atoms with Crippen molar-refractivity contribution in [3.05, 3.63) is 12.8 Å². The molecule has 5 heteroatoms. The minimum absolute atomic E-state index is 0.0658. The van der Waals surface area contributed by atoms with Crippen LogP contribution in [0.3, 0.4) is 0 Å². The smallest absolute Gasteiger partial charge is 0.313 e. The molecule has 2 bridgehead atoms. The first-order valence-corrected chi connectivity index (χ1v) is 4.89. The normalized spacial score (nSPS) is 40.4. The van der Waals surface area contributed by atoms with E-state index in [1.54, 1.807) is 0 Å². The number of alkyl halides is 4. The number of halogens is 4. The molecule has 0 spiro atoms. The Morgan fingerprint density at radius 2 is 1.87 bits per heavy atom. The van der Waals surface area contributed by atoms with E-state index in [4.69, 9.17) is 4.74 Å². The second-order valence-electron chi connectivity index (χ2n) is 4.28. The SMILES string of the molecule is C=COCC1CC2CC1C(F)(F)C2(F)F. The summed E-state index contributed by atoms with van der Waals surface area (Å²) in [6.45, 7) is 3.36. The van der Waals surface area contributed by atoms with Gasteiger partial charge in [-0.25, -0.2) is 0 Å². The van der Waals surface area contributed by atoms with Gasteiger partial charge in [-0.1, -0.05) is 6.58 Å². The molecule has 86 valence electrons. The van der Waals surface area contributed by atoms with Crippen molar-refractivity contribution in [1.29, 1.82) is 0 Å². The Morgan fingerprint density at radius 3 is 2.33 bits per heavy atom. The minimum Gasteiger partial charge on any atom is -0.502 e. The summed E-state index contributed by atoms with van der Waals surface area (Å²) in [6, 6.07) is 0. The summed E-state index contributed by atoms with van der Waals surface area (Å²) in [5.41, 5.74) is 0. The lowest BCUT2D eigenvalue weighted by atomic mass is 9.84. The van der Waals surface area contributed by atoms with Gasteiger partial charge in [0.05, 0.1) is 12.9 Å². The van der Waals surface area contributed by atoms with Crippen molar-refractivity contribution in [2.45, 2.75) is 24.7 Å². The van der Waals surface area contributed by atoms with Gasteiger partial charge in [-0.05, 0) is 12.8 Å². The summed E-state index contributed by atoms with van der Waals surface area (Å²) >= 11 is 0. The van der Waals surface area contributed by atoms with Gasteiger partial charge in [-0.3, -0.25) is 0 Å². The van der Waals surface area contributed by atoms with E-state index in [1.807, 2.05) is 0 Å². The summed E-state index contributed by atoms with van der Waals surface area (Å²) in [4.78, 5) is 0. The first kappa shape index (κ1) is 10.8. The molecule has 0 N–H and O–H groups in total. The Kier molecular flexibility index (Phi) is 2.24. The minimum atomic E-state index is -3.87. The van der Waals surface area contributed by atoms with E-state index in [0.717, 1.165) is 6.26 Å². The predicted octanol–water partition coefficient (Wildman–Crippen LogP) is 3.07. The van der Waals surface area contributed by atoms with Crippen molar-refractivity contribution in [1.82, 2.24) is 0 Å². The van der Waals surface area contributed by atoms with Gasteiger partial charge in [0.25, 0.3) is 0 Å². The molecule has 15 heavy (non-hydrogen) atoms. The van der Waals surface area contributed by atoms with E-state index in [-0.39, 0.29) is 19.4 Å². The molecule has 0 aromatic rings. The van der Waals surface area contributed by atoms with E-state index in [0.29, 0.717) is 0 Å². The van der Waals surface area contributed by atoms with Crippen LogP contribution in [0, 0.1) is 17.8 Å². The Bertz CT molecular complexity index is 277. The molecule has 2 aliphatic rings. The first-order chi connectivity index (χ1) is 6.91. The van der Waals surface area contributed by atoms with Crippen molar-refractivity contribution >= 4 is 0 Å². The third-order valence-corrected chi connectivity index (χ3v) is 3.55. The van der Waals surface area contributed by atoms with Crippen LogP contribution in [0.4, 0.5) is 17.6 Å². The van der Waals surface area contributed by atoms with Crippen molar-refractivity contribution in [2.75, 3.05) is 6.61 Å². The van der Waals surface area contributed by atoms with Gasteiger partial charge in [-0.15, -0.1) is 0 Å². The van der Waals surface area contributed by atoms with Crippen LogP contribution in [0.1, 0.15) is 12.8 Å². The van der Waals surface area contributed by atoms with Crippen molar-refractivity contribution in [2.24, 2.45) is 17.8 Å². The molecule has 2 rings (SSSR count). The Balaban J connectivity index is 2.12. The molecule has 2 fully saturated rings. The number of rotatable bonds is 3. The van der Waals surface area contributed by atoms with Crippen LogP contribution in [0.5, 0.6) is 0 Å². The maximum atomic E-state index is 13.3. The van der Waals surface area contributed by atoms with E-state index in [2.05, 4.69) is 6.58 Å². The average molecular weight is 224 g/mol. The van der Waals surface area contributed by atoms with Crippen LogP contribution < -0.4 is 0 Å². The van der Waals surface area contributed by atoms with Gasteiger partial charge in [0.2, 0.25) is 0 Å². The van der Waals surface area contributed by atoms with Gasteiger partial charge in [0.1, 0.15) is 0 Å². The molecule has 0 amide bonds. The first-order valence-electron chi connectivity index (χ1n) is 4.89. The standard InChI is InChI=1S/C10H12F4O/c1-2-15-5-6-3-7-4-8(6)10(13,14)9(7,11)12/h2,6-8H,1,3-5H2.